The van der Waals surface area contributed by atoms with Crippen molar-refractivity contribution in [3.05, 3.63) is 35.3 Å². The van der Waals surface area contributed by atoms with Gasteiger partial charge in [0.15, 0.2) is 17.4 Å². The molecule has 0 unspecified atom stereocenters. The predicted octanol–water partition coefficient (Wildman–Crippen LogP) is 1.05. The highest BCUT2D eigenvalue weighted by Crippen LogP contribution is 2.61. The van der Waals surface area contributed by atoms with E-state index in [1.165, 1.54) is 17.2 Å². The van der Waals surface area contributed by atoms with Gasteiger partial charge < -0.3 is 35.5 Å². The molecule has 4 aromatic rings. The third-order valence-electron chi connectivity index (χ3n) is 8.43. The third-order valence-corrected chi connectivity index (χ3v) is 11.7. The van der Waals surface area contributed by atoms with Gasteiger partial charge in [0.1, 0.15) is 36.1 Å². The zero-order chi connectivity index (χ0) is 32.5. The number of H-pyrrole nitrogens is 1. The van der Waals surface area contributed by atoms with E-state index in [0.717, 1.165) is 0 Å². The van der Waals surface area contributed by atoms with Crippen molar-refractivity contribution < 1.29 is 42.2 Å². The Morgan fingerprint density at radius 3 is 2.54 bits per heavy atom. The highest BCUT2D eigenvalue weighted by Gasteiger charge is 2.52. The number of hydrogen-bond acceptors (Lipinski definition) is 16. The number of aliphatic hydroxyl groups excluding tert-OH is 2. The Morgan fingerprint density at radius 2 is 1.78 bits per heavy atom. The van der Waals surface area contributed by atoms with Crippen LogP contribution in [0.4, 0.5) is 11.8 Å². The van der Waals surface area contributed by atoms with Crippen molar-refractivity contribution >= 4 is 72.1 Å². The smallest absolute Gasteiger partial charge is 0.386 e. The number of rotatable bonds is 3. The van der Waals surface area contributed by atoms with Gasteiger partial charge in [-0.1, -0.05) is 24.5 Å². The number of nitrogen functional groups attached to an aromatic ring is 2. The van der Waals surface area contributed by atoms with Gasteiger partial charge in [0.2, 0.25) is 5.95 Å². The number of ether oxygens (including phenoxy) is 1. The molecule has 2 aliphatic heterocycles. The van der Waals surface area contributed by atoms with Crippen LogP contribution in [0.2, 0.25) is 0 Å². The van der Waals surface area contributed by atoms with Gasteiger partial charge >= 0.3 is 13.6 Å². The quantitative estimate of drug-likeness (QED) is 0.115. The number of anilines is 2. The summed E-state index contributed by atoms with van der Waals surface area (Å²) in [4.78, 5) is 31.3. The van der Waals surface area contributed by atoms with Crippen LogP contribution in [0.3, 0.4) is 0 Å². The number of aliphatic hydroxyl groups is 2. The lowest BCUT2D eigenvalue weighted by atomic mass is 9.99. The molecule has 23 heteroatoms. The molecule has 0 amide bonds. The second-order valence-corrected chi connectivity index (χ2v) is 16.9. The number of aromatic nitrogens is 7. The molecule has 1 saturated carbocycles. The van der Waals surface area contributed by atoms with Gasteiger partial charge in [0.05, 0.1) is 43.7 Å². The SMILES string of the molecule is Nc1nc2c(ncn2[C@@H]2O[C@@H]3CO[P@](=O)(S)O[C@@H]4[C@@H](CO[P@@](=O)(S)O[C@@H]2[C@@H]3CO)C[C@@H](n2ccc3c(N)ncnc32)[C@@H]4O)c(=O)[nH]1. The molecule has 0 radical (unpaired) electrons. The Kier molecular flexibility index (Phi) is 8.25. The summed E-state index contributed by atoms with van der Waals surface area (Å²) in [6, 6.07) is 1.05. The number of thiol groups is 2. The molecule has 1 aliphatic carbocycles. The van der Waals surface area contributed by atoms with Crippen LogP contribution in [-0.4, -0.2) is 88.5 Å². The molecule has 2 bridgehead atoms. The van der Waals surface area contributed by atoms with E-state index in [9.17, 15) is 24.1 Å². The van der Waals surface area contributed by atoms with Crippen molar-refractivity contribution in [2.75, 3.05) is 31.3 Å². The summed E-state index contributed by atoms with van der Waals surface area (Å²) in [5.74, 6) is -1.58. The maximum Gasteiger partial charge on any atom is 0.386 e. The predicted molar refractivity (Wildman–Crippen MR) is 167 cm³/mol. The summed E-state index contributed by atoms with van der Waals surface area (Å²) in [6.45, 7) is -9.78. The van der Waals surface area contributed by atoms with E-state index >= 15 is 0 Å². The van der Waals surface area contributed by atoms with Gasteiger partial charge in [0, 0.05) is 18.0 Å². The number of fused-ring (bicyclic) bond motifs is 5. The van der Waals surface area contributed by atoms with E-state index < -0.39 is 80.9 Å². The average Bonchev–Trinajstić information content (AvgIpc) is 3.75. The highest BCUT2D eigenvalue weighted by molar-refractivity contribution is 8.44. The van der Waals surface area contributed by atoms with Gasteiger partial charge in [-0.25, -0.2) is 24.1 Å². The minimum absolute atomic E-state index is 0.0238. The standard InChI is InChI=1S/C23H29N9O10P2S2/c24-18-10-1-2-31(19(10)27-7-26-18)12-3-9-5-38-43(36,45)42-17-11(4-33)13(6-39-44(37,46)41-16(9)15(12)34)40-22(17)32-8-28-14-20(32)29-23(25)30-21(14)35/h1-2,7-9,11-13,15-17,22,33-34H,3-6H2,(H,36,45)(H,37,46)(H2,24,26,27)(H3,25,29,30,35)/t9-,11-,12-,13-,15+,16-,17-,22-,43-,44+/m1/s1. The summed E-state index contributed by atoms with van der Waals surface area (Å²) in [5.41, 5.74) is 11.6. The molecule has 19 nitrogen and oxygen atoms in total. The van der Waals surface area contributed by atoms with Crippen molar-refractivity contribution in [1.82, 2.24) is 34.1 Å². The van der Waals surface area contributed by atoms with Gasteiger partial charge in [-0.05, 0) is 12.5 Å². The maximum absolute atomic E-state index is 13.7. The Labute approximate surface area is 269 Å². The van der Waals surface area contributed by atoms with Crippen LogP contribution in [0.5, 0.6) is 0 Å². The van der Waals surface area contributed by atoms with Crippen molar-refractivity contribution in [2.45, 2.75) is 43.1 Å². The fourth-order valence-corrected chi connectivity index (χ4v) is 9.37. The van der Waals surface area contributed by atoms with Gasteiger partial charge in [-0.3, -0.25) is 27.9 Å². The first-order chi connectivity index (χ1) is 21.9. The summed E-state index contributed by atoms with van der Waals surface area (Å²) in [6.07, 6.45) is -1.46. The monoisotopic (exact) mass is 717 g/mol. The van der Waals surface area contributed by atoms with E-state index in [4.69, 9.17) is 34.3 Å². The summed E-state index contributed by atoms with van der Waals surface area (Å²) < 4.78 is 59.6. The Balaban J connectivity index is 1.22. The van der Waals surface area contributed by atoms with Gasteiger partial charge in [-0.2, -0.15) is 4.98 Å². The van der Waals surface area contributed by atoms with Crippen molar-refractivity contribution in [3.8, 4) is 0 Å². The molecule has 2 saturated heterocycles. The second kappa shape index (κ2) is 11.9. The molecule has 46 heavy (non-hydrogen) atoms. The van der Waals surface area contributed by atoms with Crippen molar-refractivity contribution in [3.63, 3.8) is 0 Å². The zero-order valence-corrected chi connectivity index (χ0v) is 27.1. The molecule has 10 atom stereocenters. The zero-order valence-electron chi connectivity index (χ0n) is 23.5. The first-order valence-electron chi connectivity index (χ1n) is 13.9. The van der Waals surface area contributed by atoms with E-state index in [-0.39, 0.29) is 36.0 Å². The minimum Gasteiger partial charge on any atom is -0.396 e. The molecular formula is C23H29N9O10P2S2. The minimum atomic E-state index is -4.25. The second-order valence-electron chi connectivity index (χ2n) is 11.1. The lowest BCUT2D eigenvalue weighted by molar-refractivity contribution is -0.0501. The topological polar surface area (TPSA) is 267 Å². The van der Waals surface area contributed by atoms with Crippen molar-refractivity contribution in [1.29, 1.82) is 0 Å². The number of nitrogens with zero attached hydrogens (tertiary/aromatic N) is 6. The first-order valence-corrected chi connectivity index (χ1v) is 19.3. The molecule has 7 N–H and O–H groups in total. The number of imidazole rings is 1. The lowest BCUT2D eigenvalue weighted by Crippen LogP contribution is -2.33. The molecular weight excluding hydrogens is 688 g/mol. The largest absolute Gasteiger partial charge is 0.396 e. The number of nitrogens with two attached hydrogens (primary N) is 2. The van der Waals surface area contributed by atoms with E-state index in [1.807, 2.05) is 0 Å². The van der Waals surface area contributed by atoms with E-state index in [2.05, 4.69) is 49.4 Å². The van der Waals surface area contributed by atoms with Crippen LogP contribution in [0, 0.1) is 11.8 Å². The third kappa shape index (κ3) is 5.66. The Bertz CT molecular complexity index is 1960. The van der Waals surface area contributed by atoms with Crippen LogP contribution in [-0.2, 0) is 32.0 Å². The molecule has 3 fully saturated rings. The average molecular weight is 718 g/mol. The van der Waals surface area contributed by atoms with Crippen LogP contribution in [0.1, 0.15) is 18.7 Å². The Morgan fingerprint density at radius 1 is 1.04 bits per heavy atom. The molecule has 248 valence electrons. The van der Waals surface area contributed by atoms with Crippen LogP contribution >= 0.6 is 38.1 Å². The van der Waals surface area contributed by atoms with E-state index in [0.29, 0.717) is 11.0 Å². The van der Waals surface area contributed by atoms with Crippen LogP contribution in [0.25, 0.3) is 22.2 Å². The fourth-order valence-electron chi connectivity index (χ4n) is 6.30. The van der Waals surface area contributed by atoms with Crippen molar-refractivity contribution in [2.24, 2.45) is 11.8 Å². The number of aromatic amines is 1. The molecule has 0 spiro atoms. The first kappa shape index (κ1) is 32.0. The maximum atomic E-state index is 13.7. The number of nitrogens with one attached hydrogen (secondary N) is 1. The normalized spacial score (nSPS) is 37.1. The summed E-state index contributed by atoms with van der Waals surface area (Å²) in [7, 11) is 0. The van der Waals surface area contributed by atoms with Crippen LogP contribution in [0.15, 0.2) is 29.7 Å². The fraction of sp³-hybridized carbons (Fsp3) is 0.522. The van der Waals surface area contributed by atoms with Gasteiger partial charge in [0.25, 0.3) is 5.56 Å². The molecule has 6 heterocycles. The molecule has 7 rings (SSSR count). The molecule has 3 aliphatic rings. The molecule has 0 aromatic carbocycles. The summed E-state index contributed by atoms with van der Waals surface area (Å²) in [5, 5.41) is 22.4. The Hall–Kier alpha value is -2.55. The highest BCUT2D eigenvalue weighted by atomic mass is 32.7. The summed E-state index contributed by atoms with van der Waals surface area (Å²) >= 11 is 8.37. The van der Waals surface area contributed by atoms with Crippen LogP contribution < -0.4 is 17.0 Å². The number of hydrogen-bond donors (Lipinski definition) is 7. The lowest BCUT2D eigenvalue weighted by Gasteiger charge is -2.28. The molecule has 4 aromatic heterocycles. The van der Waals surface area contributed by atoms with Gasteiger partial charge in [-0.15, -0.1) is 0 Å². The van der Waals surface area contributed by atoms with E-state index in [1.54, 1.807) is 16.8 Å².